The molecule has 0 radical (unpaired) electrons. The summed E-state index contributed by atoms with van der Waals surface area (Å²) in [4.78, 5) is 3.92. The lowest BCUT2D eigenvalue weighted by Gasteiger charge is -1.92. The minimum absolute atomic E-state index is 0.834. The van der Waals surface area contributed by atoms with E-state index in [0.29, 0.717) is 0 Å². The number of nitrogens with zero attached hydrogens (tertiary/aromatic N) is 1. The number of nitrogens with one attached hydrogen (secondary N) is 1. The van der Waals surface area contributed by atoms with Gasteiger partial charge in [-0.3, -0.25) is 10.8 Å². The fourth-order valence-corrected chi connectivity index (χ4v) is 0.328. The second-order valence-corrected chi connectivity index (χ2v) is 1.78. The van der Waals surface area contributed by atoms with Crippen molar-refractivity contribution < 1.29 is 0 Å². The highest BCUT2D eigenvalue weighted by atomic mass is 15.2. The van der Waals surface area contributed by atoms with Crippen LogP contribution in [0.15, 0.2) is 29.0 Å². The van der Waals surface area contributed by atoms with Crippen molar-refractivity contribution in [1.29, 1.82) is 0 Å². The zero-order chi connectivity index (χ0) is 7.82. The molecule has 0 aromatic carbocycles. The van der Waals surface area contributed by atoms with E-state index in [2.05, 4.69) is 10.4 Å². The van der Waals surface area contributed by atoms with Gasteiger partial charge in [-0.2, -0.15) is 0 Å². The van der Waals surface area contributed by atoms with Crippen molar-refractivity contribution in [3.63, 3.8) is 0 Å². The Morgan fingerprint density at radius 1 is 1.60 bits per heavy atom. The van der Waals surface area contributed by atoms with Gasteiger partial charge < -0.3 is 5.43 Å². The summed E-state index contributed by atoms with van der Waals surface area (Å²) in [7, 11) is 0. The van der Waals surface area contributed by atoms with E-state index in [1.54, 1.807) is 12.4 Å². The van der Waals surface area contributed by atoms with Crippen LogP contribution in [0.1, 0.15) is 13.8 Å². The Morgan fingerprint density at radius 3 is 2.80 bits per heavy atom. The van der Waals surface area contributed by atoms with E-state index in [-0.39, 0.29) is 0 Å². The Kier molecular flexibility index (Phi) is 5.38. The normalized spacial score (nSPS) is 13.3. The van der Waals surface area contributed by atoms with Gasteiger partial charge in [0.15, 0.2) is 0 Å². The maximum Gasteiger partial charge on any atom is 0.0468 e. The Labute approximate surface area is 61.3 Å². The molecule has 0 aromatic heterocycles. The number of hydrogen-bond donors (Lipinski definition) is 2. The molecule has 0 atom stereocenters. The summed E-state index contributed by atoms with van der Waals surface area (Å²) in [6.07, 6.45) is 7.10. The first-order valence-electron chi connectivity index (χ1n) is 3.09. The summed E-state index contributed by atoms with van der Waals surface area (Å²) in [6.45, 7) is 3.77. The van der Waals surface area contributed by atoms with Crippen LogP contribution in [0.5, 0.6) is 0 Å². The molecule has 0 aliphatic carbocycles. The molecule has 0 fully saturated rings. The number of allylic oxidation sites excluding steroid dienone is 3. The van der Waals surface area contributed by atoms with E-state index >= 15 is 0 Å². The molecule has 0 amide bonds. The van der Waals surface area contributed by atoms with Crippen LogP contribution >= 0.6 is 0 Å². The Balaban J connectivity index is 3.70. The number of aliphatic imine (C=N–C) groups is 1. The molecule has 0 aliphatic rings. The average molecular weight is 139 g/mol. The SMILES string of the molecule is C/C=C/C=N\C=C(/C)NN. The van der Waals surface area contributed by atoms with Crippen molar-refractivity contribution in [1.82, 2.24) is 5.43 Å². The summed E-state index contributed by atoms with van der Waals surface area (Å²) in [5, 5.41) is 0. The van der Waals surface area contributed by atoms with Crippen molar-refractivity contribution in [3.05, 3.63) is 24.0 Å². The molecule has 0 heterocycles. The molecular formula is C7H13N3. The molecule has 10 heavy (non-hydrogen) atoms. The molecule has 56 valence electrons. The van der Waals surface area contributed by atoms with Crippen molar-refractivity contribution >= 4 is 6.21 Å². The molecule has 0 aliphatic heterocycles. The molecule has 0 unspecified atom stereocenters. The maximum atomic E-state index is 5.08. The van der Waals surface area contributed by atoms with E-state index in [9.17, 15) is 0 Å². The quantitative estimate of drug-likeness (QED) is 0.347. The van der Waals surface area contributed by atoms with Gasteiger partial charge in [-0.1, -0.05) is 6.08 Å². The molecule has 0 bridgehead atoms. The summed E-state index contributed by atoms with van der Waals surface area (Å²) < 4.78 is 0. The molecule has 0 saturated heterocycles. The highest BCUT2D eigenvalue weighted by molar-refractivity contribution is 5.71. The lowest BCUT2D eigenvalue weighted by molar-refractivity contribution is 0.881. The third-order valence-electron chi connectivity index (χ3n) is 0.860. The fraction of sp³-hybridized carbons (Fsp3) is 0.286. The van der Waals surface area contributed by atoms with E-state index in [1.807, 2.05) is 26.0 Å². The molecule has 0 saturated carbocycles. The van der Waals surface area contributed by atoms with Crippen LogP contribution in [0.2, 0.25) is 0 Å². The van der Waals surface area contributed by atoms with Gasteiger partial charge in [-0.15, -0.1) is 0 Å². The standard InChI is InChI=1S/C7H13N3/c1-3-4-5-9-6-7(2)10-8/h3-6,10H,8H2,1-2H3/b4-3+,7-6+,9-5-. The van der Waals surface area contributed by atoms with Crippen molar-refractivity contribution in [2.24, 2.45) is 10.8 Å². The van der Waals surface area contributed by atoms with Gasteiger partial charge in [0.25, 0.3) is 0 Å². The maximum absolute atomic E-state index is 5.08. The minimum atomic E-state index is 0.834. The first-order valence-corrected chi connectivity index (χ1v) is 3.09. The van der Waals surface area contributed by atoms with Crippen LogP contribution in [-0.2, 0) is 0 Å². The van der Waals surface area contributed by atoms with Crippen LogP contribution in [0.4, 0.5) is 0 Å². The predicted octanol–water partition coefficient (Wildman–Crippen LogP) is 0.958. The van der Waals surface area contributed by atoms with Crippen LogP contribution in [0.25, 0.3) is 0 Å². The molecule has 3 nitrogen and oxygen atoms in total. The minimum Gasteiger partial charge on any atom is -0.327 e. The van der Waals surface area contributed by atoms with Crippen LogP contribution in [0.3, 0.4) is 0 Å². The van der Waals surface area contributed by atoms with Gasteiger partial charge in [0.2, 0.25) is 0 Å². The van der Waals surface area contributed by atoms with E-state index < -0.39 is 0 Å². The lowest BCUT2D eigenvalue weighted by atomic mass is 10.5. The third-order valence-corrected chi connectivity index (χ3v) is 0.860. The number of hydrogen-bond acceptors (Lipinski definition) is 3. The smallest absolute Gasteiger partial charge is 0.0468 e. The lowest BCUT2D eigenvalue weighted by Crippen LogP contribution is -2.18. The first kappa shape index (κ1) is 8.91. The van der Waals surface area contributed by atoms with Gasteiger partial charge in [0, 0.05) is 18.1 Å². The van der Waals surface area contributed by atoms with Gasteiger partial charge in [0.05, 0.1) is 0 Å². The average Bonchev–Trinajstić information content (AvgIpc) is 1.98. The second-order valence-electron chi connectivity index (χ2n) is 1.78. The number of nitrogens with two attached hydrogens (primary N) is 1. The van der Waals surface area contributed by atoms with Crippen molar-refractivity contribution in [2.45, 2.75) is 13.8 Å². The van der Waals surface area contributed by atoms with Crippen molar-refractivity contribution in [2.75, 3.05) is 0 Å². The zero-order valence-electron chi connectivity index (χ0n) is 6.33. The summed E-state index contributed by atoms with van der Waals surface area (Å²) in [6, 6.07) is 0. The van der Waals surface area contributed by atoms with Crippen LogP contribution in [-0.4, -0.2) is 6.21 Å². The molecule has 0 aromatic rings. The molecular weight excluding hydrogens is 126 g/mol. The second kappa shape index (κ2) is 6.04. The van der Waals surface area contributed by atoms with E-state index in [0.717, 1.165) is 5.70 Å². The highest BCUT2D eigenvalue weighted by Gasteiger charge is 1.74. The van der Waals surface area contributed by atoms with Gasteiger partial charge in [-0.25, -0.2) is 0 Å². The summed E-state index contributed by atoms with van der Waals surface area (Å²) in [5.74, 6) is 5.08. The summed E-state index contributed by atoms with van der Waals surface area (Å²) >= 11 is 0. The largest absolute Gasteiger partial charge is 0.327 e. The summed E-state index contributed by atoms with van der Waals surface area (Å²) in [5.41, 5.74) is 3.30. The molecule has 0 spiro atoms. The number of hydrazine groups is 1. The monoisotopic (exact) mass is 139 g/mol. The van der Waals surface area contributed by atoms with Crippen LogP contribution in [0, 0.1) is 0 Å². The third kappa shape index (κ3) is 5.05. The Hall–Kier alpha value is -1.09. The Morgan fingerprint density at radius 2 is 2.30 bits per heavy atom. The van der Waals surface area contributed by atoms with Crippen LogP contribution < -0.4 is 11.3 Å². The first-order chi connectivity index (χ1) is 4.81. The van der Waals surface area contributed by atoms with Gasteiger partial charge in [-0.05, 0) is 19.9 Å². The van der Waals surface area contributed by atoms with E-state index in [4.69, 9.17) is 5.84 Å². The fourth-order valence-electron chi connectivity index (χ4n) is 0.328. The highest BCUT2D eigenvalue weighted by Crippen LogP contribution is 1.82. The molecule has 3 heteroatoms. The number of rotatable bonds is 3. The van der Waals surface area contributed by atoms with E-state index in [1.165, 1.54) is 0 Å². The molecule has 3 N–H and O–H groups in total. The predicted molar refractivity (Wildman–Crippen MR) is 44.4 cm³/mol. The topological polar surface area (TPSA) is 50.4 Å². The van der Waals surface area contributed by atoms with Gasteiger partial charge >= 0.3 is 0 Å². The van der Waals surface area contributed by atoms with Gasteiger partial charge in [0.1, 0.15) is 0 Å². The Bertz CT molecular complexity index is 156. The molecule has 0 rings (SSSR count). The van der Waals surface area contributed by atoms with Crippen molar-refractivity contribution in [3.8, 4) is 0 Å². The zero-order valence-corrected chi connectivity index (χ0v) is 6.33.